The van der Waals surface area contributed by atoms with Crippen LogP contribution in [0.4, 0.5) is 15.9 Å². The number of primary amides is 1. The van der Waals surface area contributed by atoms with Gasteiger partial charge in [0.05, 0.1) is 17.4 Å². The number of carbonyl (C=O) groups excluding carboxylic acids is 1. The molecule has 6 nitrogen and oxygen atoms in total. The molecule has 3 heterocycles. The number of halogens is 1. The van der Waals surface area contributed by atoms with E-state index in [0.717, 1.165) is 29.0 Å². The molecule has 0 aliphatic carbocycles. The van der Waals surface area contributed by atoms with Crippen LogP contribution in [0.5, 0.6) is 0 Å². The molecule has 0 spiro atoms. The SMILES string of the molecule is NC(=O)c1cc(F)cnc1Nc1ccnc2c1ccn2-c1ccccc1. The predicted octanol–water partition coefficient (Wildman–Crippen LogP) is 3.40. The van der Waals surface area contributed by atoms with Crippen LogP contribution in [-0.2, 0) is 0 Å². The molecule has 0 fully saturated rings. The van der Waals surface area contributed by atoms with Crippen molar-refractivity contribution in [3.63, 3.8) is 0 Å². The largest absolute Gasteiger partial charge is 0.365 e. The van der Waals surface area contributed by atoms with Crippen molar-refractivity contribution in [2.75, 3.05) is 5.32 Å². The molecule has 3 aromatic heterocycles. The highest BCUT2D eigenvalue weighted by molar-refractivity contribution is 6.00. The van der Waals surface area contributed by atoms with Crippen LogP contribution in [0.3, 0.4) is 0 Å². The summed E-state index contributed by atoms with van der Waals surface area (Å²) in [6.45, 7) is 0. The van der Waals surface area contributed by atoms with E-state index in [1.165, 1.54) is 0 Å². The van der Waals surface area contributed by atoms with Crippen molar-refractivity contribution in [2.45, 2.75) is 0 Å². The summed E-state index contributed by atoms with van der Waals surface area (Å²) in [5.74, 6) is -1.19. The minimum absolute atomic E-state index is 0.0162. The number of carbonyl (C=O) groups is 1. The molecule has 3 N–H and O–H groups in total. The highest BCUT2D eigenvalue weighted by atomic mass is 19.1. The molecule has 4 rings (SSSR count). The first-order chi connectivity index (χ1) is 12.6. The summed E-state index contributed by atoms with van der Waals surface area (Å²) in [6, 6.07) is 14.5. The normalized spacial score (nSPS) is 10.8. The Hall–Kier alpha value is -3.74. The van der Waals surface area contributed by atoms with Gasteiger partial charge in [0.2, 0.25) is 0 Å². The molecular formula is C19H14FN5O. The fourth-order valence-electron chi connectivity index (χ4n) is 2.80. The van der Waals surface area contributed by atoms with Crippen LogP contribution in [0, 0.1) is 5.82 Å². The van der Waals surface area contributed by atoms with E-state index in [0.29, 0.717) is 5.69 Å². The molecule has 0 aliphatic heterocycles. The lowest BCUT2D eigenvalue weighted by molar-refractivity contribution is 0.100. The Labute approximate surface area is 148 Å². The van der Waals surface area contributed by atoms with Gasteiger partial charge in [0.1, 0.15) is 17.3 Å². The number of nitrogens with two attached hydrogens (primary N) is 1. The van der Waals surface area contributed by atoms with Crippen molar-refractivity contribution in [3.8, 4) is 5.69 Å². The lowest BCUT2D eigenvalue weighted by Crippen LogP contribution is -2.14. The number of hydrogen-bond acceptors (Lipinski definition) is 4. The van der Waals surface area contributed by atoms with Crippen molar-refractivity contribution in [1.82, 2.24) is 14.5 Å². The van der Waals surface area contributed by atoms with Crippen LogP contribution in [0.25, 0.3) is 16.7 Å². The van der Waals surface area contributed by atoms with Crippen molar-refractivity contribution in [1.29, 1.82) is 0 Å². The van der Waals surface area contributed by atoms with E-state index in [1.54, 1.807) is 12.3 Å². The Kier molecular flexibility index (Phi) is 3.81. The molecule has 26 heavy (non-hydrogen) atoms. The van der Waals surface area contributed by atoms with Crippen molar-refractivity contribution < 1.29 is 9.18 Å². The van der Waals surface area contributed by atoms with Gasteiger partial charge in [-0.2, -0.15) is 0 Å². The summed E-state index contributed by atoms with van der Waals surface area (Å²) >= 11 is 0. The zero-order valence-electron chi connectivity index (χ0n) is 13.6. The van der Waals surface area contributed by atoms with E-state index >= 15 is 0 Å². The Morgan fingerprint density at radius 3 is 2.69 bits per heavy atom. The van der Waals surface area contributed by atoms with E-state index in [4.69, 9.17) is 5.73 Å². The summed E-state index contributed by atoms with van der Waals surface area (Å²) in [7, 11) is 0. The Bertz CT molecular complexity index is 1110. The average Bonchev–Trinajstić information content (AvgIpc) is 3.09. The zero-order chi connectivity index (χ0) is 18.1. The number of fused-ring (bicyclic) bond motifs is 1. The summed E-state index contributed by atoms with van der Waals surface area (Å²) in [5, 5.41) is 3.89. The monoisotopic (exact) mass is 347 g/mol. The average molecular weight is 347 g/mol. The highest BCUT2D eigenvalue weighted by Crippen LogP contribution is 2.28. The molecule has 128 valence electrons. The van der Waals surface area contributed by atoms with Gasteiger partial charge < -0.3 is 15.6 Å². The van der Waals surface area contributed by atoms with Crippen LogP contribution in [0.15, 0.2) is 67.1 Å². The second-order valence-electron chi connectivity index (χ2n) is 5.66. The molecule has 1 aromatic carbocycles. The van der Waals surface area contributed by atoms with Gasteiger partial charge in [0.15, 0.2) is 0 Å². The third kappa shape index (κ3) is 2.75. The number of nitrogens with one attached hydrogen (secondary N) is 1. The van der Waals surface area contributed by atoms with Gasteiger partial charge >= 0.3 is 0 Å². The lowest BCUT2D eigenvalue weighted by atomic mass is 10.2. The number of pyridine rings is 2. The van der Waals surface area contributed by atoms with Crippen molar-refractivity contribution in [2.24, 2.45) is 5.73 Å². The molecular weight excluding hydrogens is 333 g/mol. The zero-order valence-corrected chi connectivity index (χ0v) is 13.6. The Morgan fingerprint density at radius 2 is 1.92 bits per heavy atom. The second-order valence-corrected chi connectivity index (χ2v) is 5.66. The van der Waals surface area contributed by atoms with Gasteiger partial charge in [-0.05, 0) is 30.3 Å². The fourth-order valence-corrected chi connectivity index (χ4v) is 2.80. The smallest absolute Gasteiger partial charge is 0.252 e. The maximum atomic E-state index is 13.4. The summed E-state index contributed by atoms with van der Waals surface area (Å²) in [4.78, 5) is 20.0. The quantitative estimate of drug-likeness (QED) is 0.592. The number of aromatic nitrogens is 3. The number of nitrogens with zero attached hydrogens (tertiary/aromatic N) is 3. The van der Waals surface area contributed by atoms with Gasteiger partial charge in [-0.1, -0.05) is 18.2 Å². The van der Waals surface area contributed by atoms with Crippen LogP contribution >= 0.6 is 0 Å². The van der Waals surface area contributed by atoms with E-state index in [9.17, 15) is 9.18 Å². The number of hydrogen-bond donors (Lipinski definition) is 2. The van der Waals surface area contributed by atoms with Gasteiger partial charge in [-0.25, -0.2) is 14.4 Å². The molecule has 7 heteroatoms. The molecule has 0 unspecified atom stereocenters. The maximum absolute atomic E-state index is 13.4. The molecule has 4 aromatic rings. The highest BCUT2D eigenvalue weighted by Gasteiger charge is 2.14. The second kappa shape index (κ2) is 6.29. The van der Waals surface area contributed by atoms with E-state index < -0.39 is 11.7 Å². The molecule has 1 amide bonds. The van der Waals surface area contributed by atoms with Crippen LogP contribution in [-0.4, -0.2) is 20.4 Å². The number of benzene rings is 1. The summed E-state index contributed by atoms with van der Waals surface area (Å²) < 4.78 is 15.3. The summed E-state index contributed by atoms with van der Waals surface area (Å²) in [6.07, 6.45) is 4.59. The van der Waals surface area contributed by atoms with Crippen LogP contribution in [0.2, 0.25) is 0 Å². The number of rotatable bonds is 4. The predicted molar refractivity (Wildman–Crippen MR) is 97.1 cm³/mol. The van der Waals surface area contributed by atoms with E-state index in [1.807, 2.05) is 47.2 Å². The molecule has 0 saturated carbocycles. The van der Waals surface area contributed by atoms with Gasteiger partial charge in [-0.3, -0.25) is 4.79 Å². The number of anilines is 2. The third-order valence-corrected chi connectivity index (χ3v) is 3.99. The van der Waals surface area contributed by atoms with Gasteiger partial charge in [0.25, 0.3) is 5.91 Å². The molecule has 0 saturated heterocycles. The van der Waals surface area contributed by atoms with E-state index in [-0.39, 0.29) is 11.4 Å². The minimum Gasteiger partial charge on any atom is -0.365 e. The van der Waals surface area contributed by atoms with Crippen molar-refractivity contribution in [3.05, 3.63) is 78.5 Å². The third-order valence-electron chi connectivity index (χ3n) is 3.99. The summed E-state index contributed by atoms with van der Waals surface area (Å²) in [5.41, 5.74) is 7.71. The standard InChI is InChI=1S/C19H14FN5O/c20-12-10-15(17(21)26)18(23-11-12)24-16-6-8-22-19-14(16)7-9-25(19)13-4-2-1-3-5-13/h1-11H,(H2,21,26)(H,22,23,24). The van der Waals surface area contributed by atoms with Crippen LogP contribution < -0.4 is 11.1 Å². The minimum atomic E-state index is -0.758. The molecule has 0 aliphatic rings. The number of amides is 1. The fraction of sp³-hybridized carbons (Fsp3) is 0. The molecule has 0 bridgehead atoms. The Balaban J connectivity index is 1.80. The van der Waals surface area contributed by atoms with E-state index in [2.05, 4.69) is 15.3 Å². The topological polar surface area (TPSA) is 85.8 Å². The first kappa shape index (κ1) is 15.8. The molecule has 0 atom stereocenters. The number of para-hydroxylation sites is 1. The molecule has 0 radical (unpaired) electrons. The van der Waals surface area contributed by atoms with Crippen LogP contribution in [0.1, 0.15) is 10.4 Å². The first-order valence-corrected chi connectivity index (χ1v) is 7.87. The van der Waals surface area contributed by atoms with Gasteiger partial charge in [-0.15, -0.1) is 0 Å². The lowest BCUT2D eigenvalue weighted by Gasteiger charge is -2.10. The van der Waals surface area contributed by atoms with Gasteiger partial charge in [0, 0.05) is 23.5 Å². The Morgan fingerprint density at radius 1 is 1.12 bits per heavy atom. The van der Waals surface area contributed by atoms with Crippen molar-refractivity contribution >= 4 is 28.4 Å². The maximum Gasteiger partial charge on any atom is 0.252 e. The first-order valence-electron chi connectivity index (χ1n) is 7.87.